The van der Waals surface area contributed by atoms with Crippen LogP contribution in [0.15, 0.2) is 42.5 Å². The number of piperazine rings is 1. The predicted molar refractivity (Wildman–Crippen MR) is 128 cm³/mol. The Balaban J connectivity index is 1.43. The van der Waals surface area contributed by atoms with Gasteiger partial charge >= 0.3 is 6.03 Å². The SMILES string of the molecule is CN1CCN(c2ccc(-c3[nH]nc4c3C(=O)c3c(NC(=O)NN(C)C)cccc3-4)cc2)CC1. The third-order valence-electron chi connectivity index (χ3n) is 6.14. The van der Waals surface area contributed by atoms with Gasteiger partial charge < -0.3 is 15.1 Å². The number of urea groups is 1. The quantitative estimate of drug-likeness (QED) is 0.418. The molecule has 1 saturated heterocycles. The number of amides is 2. The number of nitrogens with one attached hydrogen (secondary N) is 3. The number of ketones is 1. The number of likely N-dealkylation sites (N-methyl/N-ethyl adjacent to an activating group) is 1. The maximum atomic E-state index is 13.5. The van der Waals surface area contributed by atoms with Crippen molar-refractivity contribution in [3.63, 3.8) is 0 Å². The number of carbonyl (C=O) groups is 2. The lowest BCUT2D eigenvalue weighted by molar-refractivity contribution is 0.104. The van der Waals surface area contributed by atoms with Crippen LogP contribution in [-0.2, 0) is 0 Å². The van der Waals surface area contributed by atoms with E-state index in [0.29, 0.717) is 33.8 Å². The van der Waals surface area contributed by atoms with Gasteiger partial charge in [-0.3, -0.25) is 15.3 Å². The molecule has 9 nitrogen and oxygen atoms in total. The largest absolute Gasteiger partial charge is 0.369 e. The van der Waals surface area contributed by atoms with Crippen LogP contribution in [0.25, 0.3) is 22.5 Å². The fraction of sp³-hybridized carbons (Fsp3) is 0.292. The van der Waals surface area contributed by atoms with Crippen LogP contribution in [-0.4, -0.2) is 79.2 Å². The van der Waals surface area contributed by atoms with E-state index in [9.17, 15) is 9.59 Å². The summed E-state index contributed by atoms with van der Waals surface area (Å²) in [5.74, 6) is -0.146. The molecule has 0 bridgehead atoms. The van der Waals surface area contributed by atoms with Crippen molar-refractivity contribution in [2.24, 2.45) is 0 Å². The first kappa shape index (κ1) is 21.2. The molecule has 0 spiro atoms. The topological polar surface area (TPSA) is 96.6 Å². The molecule has 2 amide bonds. The Hall–Kier alpha value is -3.69. The summed E-state index contributed by atoms with van der Waals surface area (Å²) < 4.78 is 0. The molecule has 9 heteroatoms. The van der Waals surface area contributed by atoms with Crippen LogP contribution in [0.5, 0.6) is 0 Å². The van der Waals surface area contributed by atoms with Crippen LogP contribution in [0.1, 0.15) is 15.9 Å². The summed E-state index contributed by atoms with van der Waals surface area (Å²) in [4.78, 5) is 30.4. The summed E-state index contributed by atoms with van der Waals surface area (Å²) in [6, 6.07) is 13.2. The van der Waals surface area contributed by atoms with E-state index in [1.807, 2.05) is 24.3 Å². The molecule has 1 aliphatic carbocycles. The zero-order valence-electron chi connectivity index (χ0n) is 19.0. The summed E-state index contributed by atoms with van der Waals surface area (Å²) >= 11 is 0. The number of H-pyrrole nitrogens is 1. The number of benzene rings is 2. The van der Waals surface area contributed by atoms with Crippen LogP contribution in [0.3, 0.4) is 0 Å². The molecule has 2 aliphatic rings. The highest BCUT2D eigenvalue weighted by atomic mass is 16.2. The van der Waals surface area contributed by atoms with Gasteiger partial charge in [-0.05, 0) is 25.2 Å². The molecular weight excluding hydrogens is 418 g/mol. The van der Waals surface area contributed by atoms with E-state index in [1.165, 1.54) is 10.7 Å². The number of hydrazine groups is 1. The first-order chi connectivity index (χ1) is 15.9. The van der Waals surface area contributed by atoms with Gasteiger partial charge in [-0.25, -0.2) is 9.80 Å². The Labute approximate surface area is 192 Å². The van der Waals surface area contributed by atoms with Gasteiger partial charge in [0.15, 0.2) is 5.78 Å². The number of aromatic amines is 1. The fourth-order valence-electron chi connectivity index (χ4n) is 4.45. The van der Waals surface area contributed by atoms with Crippen LogP contribution in [0.4, 0.5) is 16.2 Å². The Morgan fingerprint density at radius 3 is 2.45 bits per heavy atom. The van der Waals surface area contributed by atoms with Crippen molar-refractivity contribution in [3.8, 4) is 22.5 Å². The zero-order valence-corrected chi connectivity index (χ0v) is 19.0. The molecule has 0 saturated carbocycles. The second kappa shape index (κ2) is 8.34. The van der Waals surface area contributed by atoms with E-state index in [0.717, 1.165) is 31.7 Å². The number of aromatic nitrogens is 2. The minimum atomic E-state index is -0.410. The number of fused-ring (bicyclic) bond motifs is 3. The molecule has 0 radical (unpaired) electrons. The van der Waals surface area contributed by atoms with Crippen LogP contribution in [0.2, 0.25) is 0 Å². The lowest BCUT2D eigenvalue weighted by Crippen LogP contribution is -2.44. The summed E-state index contributed by atoms with van der Waals surface area (Å²) in [5, 5.41) is 11.8. The van der Waals surface area contributed by atoms with Gasteiger partial charge in [-0.1, -0.05) is 24.3 Å². The molecule has 0 atom stereocenters. The number of anilines is 2. The van der Waals surface area contributed by atoms with Crippen molar-refractivity contribution >= 4 is 23.2 Å². The molecule has 0 unspecified atom stereocenters. The van der Waals surface area contributed by atoms with Crippen LogP contribution >= 0.6 is 0 Å². The van der Waals surface area contributed by atoms with Crippen molar-refractivity contribution in [1.29, 1.82) is 0 Å². The van der Waals surface area contributed by atoms with Crippen LogP contribution in [0, 0.1) is 0 Å². The van der Waals surface area contributed by atoms with E-state index in [-0.39, 0.29) is 5.78 Å². The molecule has 2 aromatic carbocycles. The number of hydrogen-bond donors (Lipinski definition) is 3. The van der Waals surface area contributed by atoms with Crippen LogP contribution < -0.4 is 15.6 Å². The molecule has 1 aromatic heterocycles. The molecule has 1 fully saturated rings. The average Bonchev–Trinajstić information content (AvgIpc) is 3.34. The van der Waals surface area contributed by atoms with Gasteiger partial charge in [-0.2, -0.15) is 5.10 Å². The molecule has 3 aromatic rings. The Morgan fingerprint density at radius 2 is 1.76 bits per heavy atom. The Morgan fingerprint density at radius 1 is 1.03 bits per heavy atom. The highest BCUT2D eigenvalue weighted by molar-refractivity contribution is 6.26. The van der Waals surface area contributed by atoms with E-state index in [4.69, 9.17) is 0 Å². The van der Waals surface area contributed by atoms with Crippen molar-refractivity contribution in [2.75, 3.05) is 57.5 Å². The standard InChI is InChI=1S/C24H27N7O2/c1-29(2)28-24(33)25-18-6-4-5-17-19(18)23(32)20-21(26-27-22(17)20)15-7-9-16(10-8-15)31-13-11-30(3)12-14-31/h4-10H,11-14H2,1-3H3,(H,26,27)(H2,25,28,33). The van der Waals surface area contributed by atoms with Gasteiger partial charge in [0.1, 0.15) is 5.69 Å². The van der Waals surface area contributed by atoms with Gasteiger partial charge in [0.2, 0.25) is 0 Å². The second-order valence-corrected chi connectivity index (χ2v) is 8.68. The summed E-state index contributed by atoms with van der Waals surface area (Å²) in [5.41, 5.74) is 8.21. The first-order valence-corrected chi connectivity index (χ1v) is 11.0. The van der Waals surface area contributed by atoms with Gasteiger partial charge in [0, 0.05) is 57.1 Å². The van der Waals surface area contributed by atoms with Gasteiger partial charge in [0.05, 0.1) is 22.5 Å². The third-order valence-corrected chi connectivity index (χ3v) is 6.14. The fourth-order valence-corrected chi connectivity index (χ4v) is 4.45. The Bertz CT molecular complexity index is 1210. The second-order valence-electron chi connectivity index (χ2n) is 8.68. The normalized spacial score (nSPS) is 15.5. The summed E-state index contributed by atoms with van der Waals surface area (Å²) in [6.45, 7) is 4.09. The lowest BCUT2D eigenvalue weighted by atomic mass is 10.0. The zero-order chi connectivity index (χ0) is 23.1. The number of nitrogens with zero attached hydrogens (tertiary/aromatic N) is 4. The van der Waals surface area contributed by atoms with Crippen molar-refractivity contribution in [2.45, 2.75) is 0 Å². The highest BCUT2D eigenvalue weighted by Crippen LogP contribution is 2.43. The van der Waals surface area contributed by atoms with E-state index < -0.39 is 6.03 Å². The van der Waals surface area contributed by atoms with Crippen molar-refractivity contribution in [1.82, 2.24) is 25.5 Å². The summed E-state index contributed by atoms with van der Waals surface area (Å²) in [7, 11) is 5.58. The lowest BCUT2D eigenvalue weighted by Gasteiger charge is -2.34. The molecule has 33 heavy (non-hydrogen) atoms. The smallest absolute Gasteiger partial charge is 0.333 e. The molecule has 1 aliphatic heterocycles. The van der Waals surface area contributed by atoms with Crippen molar-refractivity contribution in [3.05, 3.63) is 53.6 Å². The maximum Gasteiger partial charge on any atom is 0.333 e. The first-order valence-electron chi connectivity index (χ1n) is 11.0. The average molecular weight is 446 g/mol. The molecule has 5 rings (SSSR count). The van der Waals surface area contributed by atoms with Gasteiger partial charge in [-0.15, -0.1) is 0 Å². The van der Waals surface area contributed by atoms with E-state index in [1.54, 1.807) is 20.2 Å². The minimum absolute atomic E-state index is 0.146. The minimum Gasteiger partial charge on any atom is -0.369 e. The third kappa shape index (κ3) is 3.85. The number of carbonyl (C=O) groups excluding carboxylic acids is 2. The monoisotopic (exact) mass is 445 g/mol. The molecule has 170 valence electrons. The van der Waals surface area contributed by atoms with Gasteiger partial charge in [0.25, 0.3) is 0 Å². The van der Waals surface area contributed by atoms with E-state index in [2.05, 4.69) is 49.9 Å². The summed E-state index contributed by atoms with van der Waals surface area (Å²) in [6.07, 6.45) is 0. The molecule has 3 N–H and O–H groups in total. The molecular formula is C24H27N7O2. The van der Waals surface area contributed by atoms with Crippen molar-refractivity contribution < 1.29 is 9.59 Å². The highest BCUT2D eigenvalue weighted by Gasteiger charge is 2.35. The van der Waals surface area contributed by atoms with E-state index >= 15 is 0 Å². The predicted octanol–water partition coefficient (Wildman–Crippen LogP) is 2.64. The maximum absolute atomic E-state index is 13.5. The number of hydrogen-bond acceptors (Lipinski definition) is 6. The molecule has 2 heterocycles. The number of rotatable bonds is 4. The Kier molecular flexibility index (Phi) is 5.35.